The number of hydrogen-bond donors (Lipinski definition) is 1. The number of nitrogens with zero attached hydrogens (tertiary/aromatic N) is 1. The van der Waals surface area contributed by atoms with Crippen molar-refractivity contribution in [3.63, 3.8) is 0 Å². The van der Waals surface area contributed by atoms with Crippen molar-refractivity contribution in [2.24, 2.45) is 0 Å². The molecule has 1 aromatic rings. The van der Waals surface area contributed by atoms with Gasteiger partial charge in [0.15, 0.2) is 0 Å². The van der Waals surface area contributed by atoms with E-state index in [4.69, 9.17) is 4.42 Å². The van der Waals surface area contributed by atoms with Crippen molar-refractivity contribution in [1.82, 2.24) is 10.2 Å². The predicted molar refractivity (Wildman–Crippen MR) is 91.8 cm³/mol. The smallest absolute Gasteiger partial charge is 0.118 e. The molecule has 2 unspecified atom stereocenters. The zero-order valence-corrected chi connectivity index (χ0v) is 15.1. The third kappa shape index (κ3) is 4.76. The lowest BCUT2D eigenvalue weighted by Crippen LogP contribution is -2.43. The largest absolute Gasteiger partial charge is 0.465 e. The summed E-state index contributed by atoms with van der Waals surface area (Å²) in [6.07, 6.45) is 0. The first-order valence-corrected chi connectivity index (χ1v) is 9.00. The summed E-state index contributed by atoms with van der Waals surface area (Å²) >= 11 is 2.08. The van der Waals surface area contributed by atoms with E-state index in [1.807, 2.05) is 0 Å². The molecule has 1 N–H and O–H groups in total. The maximum atomic E-state index is 5.98. The average Bonchev–Trinajstić information content (AvgIpc) is 2.72. The summed E-state index contributed by atoms with van der Waals surface area (Å²) in [6, 6.07) is 2.85. The van der Waals surface area contributed by atoms with Crippen LogP contribution in [-0.2, 0) is 13.1 Å². The number of hydrogen-bond acceptors (Lipinski definition) is 4. The summed E-state index contributed by atoms with van der Waals surface area (Å²) in [5.74, 6) is 3.38. The first-order chi connectivity index (χ1) is 9.76. The second-order valence-corrected chi connectivity index (χ2v) is 8.67. The molecule has 1 aromatic heterocycles. The van der Waals surface area contributed by atoms with Gasteiger partial charge in [0.25, 0.3) is 0 Å². The summed E-state index contributed by atoms with van der Waals surface area (Å²) in [7, 11) is 0. The number of furan rings is 1. The highest BCUT2D eigenvalue weighted by atomic mass is 32.2. The van der Waals surface area contributed by atoms with E-state index in [1.165, 1.54) is 11.3 Å². The molecule has 0 aromatic carbocycles. The first-order valence-electron chi connectivity index (χ1n) is 7.95. The van der Waals surface area contributed by atoms with Gasteiger partial charge in [-0.3, -0.25) is 4.90 Å². The van der Waals surface area contributed by atoms with Gasteiger partial charge in [0.1, 0.15) is 11.5 Å². The molecule has 2 heterocycles. The minimum absolute atomic E-state index is 0.137. The fraction of sp³-hybridized carbons (Fsp3) is 0.765. The van der Waals surface area contributed by atoms with E-state index in [9.17, 15) is 0 Å². The van der Waals surface area contributed by atoms with Crippen molar-refractivity contribution < 1.29 is 4.42 Å². The predicted octanol–water partition coefficient (Wildman–Crippen LogP) is 3.80. The highest BCUT2D eigenvalue weighted by molar-refractivity contribution is 8.00. The molecular weight excluding hydrogens is 280 g/mol. The molecule has 0 bridgehead atoms. The Balaban J connectivity index is 1.98. The van der Waals surface area contributed by atoms with Crippen molar-refractivity contribution in [1.29, 1.82) is 0 Å². The Labute approximate surface area is 133 Å². The minimum Gasteiger partial charge on any atom is -0.465 e. The van der Waals surface area contributed by atoms with Gasteiger partial charge in [-0.15, -0.1) is 0 Å². The Bertz CT molecular complexity index is 464. The molecule has 2 atom stereocenters. The lowest BCUT2D eigenvalue weighted by Gasteiger charge is -2.36. The summed E-state index contributed by atoms with van der Waals surface area (Å²) in [4.78, 5) is 2.54. The first kappa shape index (κ1) is 16.9. The van der Waals surface area contributed by atoms with Crippen molar-refractivity contribution in [2.75, 3.05) is 12.3 Å². The molecule has 4 heteroatoms. The number of rotatable bonds is 4. The van der Waals surface area contributed by atoms with Crippen LogP contribution < -0.4 is 5.32 Å². The van der Waals surface area contributed by atoms with Gasteiger partial charge in [-0.25, -0.2) is 0 Å². The molecule has 1 aliphatic heterocycles. The van der Waals surface area contributed by atoms with Gasteiger partial charge >= 0.3 is 0 Å². The van der Waals surface area contributed by atoms with Gasteiger partial charge in [-0.2, -0.15) is 11.8 Å². The van der Waals surface area contributed by atoms with Gasteiger partial charge in [0, 0.05) is 41.2 Å². The van der Waals surface area contributed by atoms with Crippen LogP contribution in [-0.4, -0.2) is 34.0 Å². The van der Waals surface area contributed by atoms with Crippen LogP contribution in [0.2, 0.25) is 0 Å². The quantitative estimate of drug-likeness (QED) is 0.915. The molecule has 0 saturated carbocycles. The van der Waals surface area contributed by atoms with Crippen LogP contribution in [0.3, 0.4) is 0 Å². The van der Waals surface area contributed by atoms with E-state index in [0.717, 1.165) is 31.2 Å². The minimum atomic E-state index is 0.137. The van der Waals surface area contributed by atoms with Crippen LogP contribution in [0.5, 0.6) is 0 Å². The van der Waals surface area contributed by atoms with E-state index in [2.05, 4.69) is 69.6 Å². The molecule has 0 amide bonds. The van der Waals surface area contributed by atoms with Crippen molar-refractivity contribution >= 4 is 11.8 Å². The molecule has 1 fully saturated rings. The molecule has 3 nitrogen and oxygen atoms in total. The molecule has 1 saturated heterocycles. The molecular formula is C17H30N2OS. The van der Waals surface area contributed by atoms with Crippen molar-refractivity contribution in [3.05, 3.63) is 23.2 Å². The maximum absolute atomic E-state index is 5.98. The number of thioether (sulfide) groups is 1. The lowest BCUT2D eigenvalue weighted by molar-refractivity contribution is 0.188. The second kappa shape index (κ2) is 6.76. The van der Waals surface area contributed by atoms with Crippen LogP contribution in [0, 0.1) is 6.92 Å². The summed E-state index contributed by atoms with van der Waals surface area (Å²) in [6.45, 7) is 16.3. The van der Waals surface area contributed by atoms with E-state index >= 15 is 0 Å². The van der Waals surface area contributed by atoms with Crippen LogP contribution in [0.1, 0.15) is 51.7 Å². The number of nitrogens with one attached hydrogen (secondary N) is 1. The van der Waals surface area contributed by atoms with E-state index in [-0.39, 0.29) is 5.54 Å². The van der Waals surface area contributed by atoms with Gasteiger partial charge < -0.3 is 9.73 Å². The zero-order chi connectivity index (χ0) is 15.6. The topological polar surface area (TPSA) is 28.4 Å². The highest BCUT2D eigenvalue weighted by Gasteiger charge is 2.26. The summed E-state index contributed by atoms with van der Waals surface area (Å²) in [5.41, 5.74) is 1.42. The van der Waals surface area contributed by atoms with E-state index in [1.54, 1.807) is 0 Å². The van der Waals surface area contributed by atoms with Gasteiger partial charge in [0.2, 0.25) is 0 Å². The standard InChI is InChI=1S/C17H30N2OS/c1-12-14(3)21-8-7-19(12)11-16-9-15(13(2)20-16)10-18-17(4,5)6/h9,12,14,18H,7-8,10-11H2,1-6H3. The normalized spacial score (nSPS) is 24.5. The zero-order valence-electron chi connectivity index (χ0n) is 14.3. The lowest BCUT2D eigenvalue weighted by atomic mass is 10.1. The molecule has 1 aliphatic rings. The third-order valence-electron chi connectivity index (χ3n) is 4.25. The van der Waals surface area contributed by atoms with Crippen molar-refractivity contribution in [2.45, 2.75) is 71.5 Å². The van der Waals surface area contributed by atoms with Crippen LogP contribution in [0.25, 0.3) is 0 Å². The van der Waals surface area contributed by atoms with Crippen LogP contribution in [0.15, 0.2) is 10.5 Å². The Morgan fingerprint density at radius 2 is 2.10 bits per heavy atom. The Morgan fingerprint density at radius 1 is 1.38 bits per heavy atom. The van der Waals surface area contributed by atoms with E-state index in [0.29, 0.717) is 11.3 Å². The van der Waals surface area contributed by atoms with Gasteiger partial charge in [0.05, 0.1) is 6.54 Å². The Morgan fingerprint density at radius 3 is 2.76 bits per heavy atom. The fourth-order valence-electron chi connectivity index (χ4n) is 2.62. The van der Waals surface area contributed by atoms with Crippen LogP contribution >= 0.6 is 11.8 Å². The van der Waals surface area contributed by atoms with E-state index < -0.39 is 0 Å². The Hall–Kier alpha value is -0.450. The monoisotopic (exact) mass is 310 g/mol. The van der Waals surface area contributed by atoms with Crippen molar-refractivity contribution in [3.8, 4) is 0 Å². The SMILES string of the molecule is Cc1oc(CN2CCSC(C)C2C)cc1CNC(C)(C)C. The molecule has 2 rings (SSSR count). The molecule has 0 spiro atoms. The number of aryl methyl sites for hydroxylation is 1. The highest BCUT2D eigenvalue weighted by Crippen LogP contribution is 2.26. The third-order valence-corrected chi connectivity index (χ3v) is 5.59. The van der Waals surface area contributed by atoms with Crippen LogP contribution in [0.4, 0.5) is 0 Å². The Kier molecular flexibility index (Phi) is 5.44. The molecule has 0 radical (unpaired) electrons. The van der Waals surface area contributed by atoms with Gasteiger partial charge in [-0.05, 0) is 40.7 Å². The molecule has 21 heavy (non-hydrogen) atoms. The average molecular weight is 311 g/mol. The second-order valence-electron chi connectivity index (χ2n) is 7.18. The summed E-state index contributed by atoms with van der Waals surface area (Å²) in [5, 5.41) is 4.24. The summed E-state index contributed by atoms with van der Waals surface area (Å²) < 4.78 is 5.98. The van der Waals surface area contributed by atoms with Gasteiger partial charge in [-0.1, -0.05) is 6.92 Å². The molecule has 120 valence electrons. The maximum Gasteiger partial charge on any atom is 0.118 e. The molecule has 0 aliphatic carbocycles. The fourth-order valence-corrected chi connectivity index (χ4v) is 3.78.